The molecule has 0 aliphatic heterocycles. The summed E-state index contributed by atoms with van der Waals surface area (Å²) < 4.78 is 0. The molecule has 0 atom stereocenters. The summed E-state index contributed by atoms with van der Waals surface area (Å²) in [6.07, 6.45) is 0. The summed E-state index contributed by atoms with van der Waals surface area (Å²) >= 11 is 0. The molecule has 0 heterocycles. The standard InChI is InChI=1S/C60H48N2/c1-59(2)54-28-18-17-27-50(54)52-39-48(33-35-55(52)59)61(44-23-13-7-14-24-44)46-29-31-47(32-30-46)62(45-25-15-8-16-26-45)49-34-36-56-53(40-49)58-51(42-21-11-6-12-22-42)37-43(38-57(58)60(56,3)4)41-19-9-5-10-20-41/h5-40H,1-4H3. The molecule has 0 radical (unpaired) electrons. The summed E-state index contributed by atoms with van der Waals surface area (Å²) in [5, 5.41) is 0. The molecule has 0 spiro atoms. The highest BCUT2D eigenvalue weighted by Crippen LogP contribution is 2.55. The maximum Gasteiger partial charge on any atom is 0.0468 e. The average Bonchev–Trinajstić information content (AvgIpc) is 3.69. The zero-order chi connectivity index (χ0) is 42.0. The molecule has 0 amide bonds. The topological polar surface area (TPSA) is 6.48 Å². The molecule has 0 fully saturated rings. The van der Waals surface area contributed by atoms with Gasteiger partial charge in [0.15, 0.2) is 0 Å². The van der Waals surface area contributed by atoms with Gasteiger partial charge in [0.05, 0.1) is 0 Å². The van der Waals surface area contributed by atoms with E-state index in [0.717, 1.165) is 34.1 Å². The molecular formula is C60H48N2. The van der Waals surface area contributed by atoms with Crippen molar-refractivity contribution >= 4 is 34.1 Å². The third-order valence-electron chi connectivity index (χ3n) is 13.4. The van der Waals surface area contributed by atoms with Gasteiger partial charge < -0.3 is 9.80 Å². The zero-order valence-electron chi connectivity index (χ0n) is 35.7. The van der Waals surface area contributed by atoms with Gasteiger partial charge in [-0.1, -0.05) is 161 Å². The van der Waals surface area contributed by atoms with Gasteiger partial charge in [-0.05, 0) is 152 Å². The fourth-order valence-electron chi connectivity index (χ4n) is 10.3. The van der Waals surface area contributed by atoms with Crippen molar-refractivity contribution in [2.24, 2.45) is 0 Å². The monoisotopic (exact) mass is 796 g/mol. The summed E-state index contributed by atoms with van der Waals surface area (Å²) in [4.78, 5) is 4.78. The first-order valence-electron chi connectivity index (χ1n) is 21.8. The smallest absolute Gasteiger partial charge is 0.0468 e. The van der Waals surface area contributed by atoms with E-state index in [9.17, 15) is 0 Å². The van der Waals surface area contributed by atoms with Crippen LogP contribution in [0.1, 0.15) is 49.9 Å². The molecule has 2 aliphatic rings. The van der Waals surface area contributed by atoms with Crippen LogP contribution in [0, 0.1) is 0 Å². The van der Waals surface area contributed by atoms with E-state index in [0.29, 0.717) is 0 Å². The van der Waals surface area contributed by atoms with Gasteiger partial charge in [0.25, 0.3) is 0 Å². The van der Waals surface area contributed by atoms with Gasteiger partial charge in [-0.3, -0.25) is 0 Å². The van der Waals surface area contributed by atoms with Crippen LogP contribution in [-0.2, 0) is 10.8 Å². The summed E-state index contributed by atoms with van der Waals surface area (Å²) in [5.74, 6) is 0. The van der Waals surface area contributed by atoms with Crippen LogP contribution in [0.15, 0.2) is 218 Å². The molecule has 2 heteroatoms. The van der Waals surface area contributed by atoms with Crippen LogP contribution in [0.4, 0.5) is 34.1 Å². The number of anilines is 6. The summed E-state index contributed by atoms with van der Waals surface area (Å²) in [7, 11) is 0. The van der Waals surface area contributed by atoms with E-state index in [-0.39, 0.29) is 10.8 Å². The van der Waals surface area contributed by atoms with E-state index in [2.05, 4.69) is 256 Å². The van der Waals surface area contributed by atoms with E-state index in [1.54, 1.807) is 0 Å². The SMILES string of the molecule is CC1(C)c2ccccc2-c2cc(N(c3ccccc3)c3ccc(N(c4ccccc4)c4ccc5c(c4)-c4c(-c6ccccc6)cc(-c6ccccc6)cc4C5(C)C)cc3)ccc21. The molecule has 0 N–H and O–H groups in total. The second kappa shape index (κ2) is 14.6. The van der Waals surface area contributed by atoms with Gasteiger partial charge in [-0.2, -0.15) is 0 Å². The largest absolute Gasteiger partial charge is 0.310 e. The van der Waals surface area contributed by atoms with E-state index in [1.807, 2.05) is 0 Å². The molecule has 2 nitrogen and oxygen atoms in total. The van der Waals surface area contributed by atoms with Gasteiger partial charge in [-0.15, -0.1) is 0 Å². The van der Waals surface area contributed by atoms with Crippen LogP contribution >= 0.6 is 0 Å². The lowest BCUT2D eigenvalue weighted by Crippen LogP contribution is -2.16. The Bertz CT molecular complexity index is 3090. The highest BCUT2D eigenvalue weighted by Gasteiger charge is 2.39. The second-order valence-corrected chi connectivity index (χ2v) is 17.8. The van der Waals surface area contributed by atoms with Gasteiger partial charge in [0.2, 0.25) is 0 Å². The maximum absolute atomic E-state index is 2.43. The lowest BCUT2D eigenvalue weighted by atomic mass is 9.80. The highest BCUT2D eigenvalue weighted by molar-refractivity contribution is 5.97. The predicted molar refractivity (Wildman–Crippen MR) is 262 cm³/mol. The average molecular weight is 797 g/mol. The van der Waals surface area contributed by atoms with Gasteiger partial charge >= 0.3 is 0 Å². The third kappa shape index (κ3) is 6.09. The maximum atomic E-state index is 2.43. The fraction of sp³-hybridized carbons (Fsp3) is 0.100. The summed E-state index contributed by atoms with van der Waals surface area (Å²) in [6.45, 7) is 9.45. The molecule has 0 aromatic heterocycles. The van der Waals surface area contributed by atoms with Crippen LogP contribution in [0.5, 0.6) is 0 Å². The van der Waals surface area contributed by atoms with Crippen LogP contribution in [0.2, 0.25) is 0 Å². The Morgan fingerprint density at radius 1 is 0.258 bits per heavy atom. The van der Waals surface area contributed by atoms with Crippen molar-refractivity contribution < 1.29 is 0 Å². The van der Waals surface area contributed by atoms with Crippen molar-refractivity contribution in [3.63, 3.8) is 0 Å². The summed E-state index contributed by atoms with van der Waals surface area (Å²) in [6, 6.07) is 80.1. The minimum atomic E-state index is -0.187. The number of hydrogen-bond donors (Lipinski definition) is 0. The highest BCUT2D eigenvalue weighted by atomic mass is 15.2. The van der Waals surface area contributed by atoms with Crippen molar-refractivity contribution in [2.45, 2.75) is 38.5 Å². The Morgan fingerprint density at radius 3 is 1.23 bits per heavy atom. The quantitative estimate of drug-likeness (QED) is 0.151. The third-order valence-corrected chi connectivity index (χ3v) is 13.4. The molecule has 9 aromatic rings. The van der Waals surface area contributed by atoms with Crippen LogP contribution in [0.3, 0.4) is 0 Å². The number of nitrogens with zero attached hydrogens (tertiary/aromatic N) is 2. The first-order valence-corrected chi connectivity index (χ1v) is 21.8. The molecule has 0 bridgehead atoms. The van der Waals surface area contributed by atoms with Crippen LogP contribution in [0.25, 0.3) is 44.5 Å². The number of benzene rings is 9. The zero-order valence-corrected chi connectivity index (χ0v) is 35.7. The van der Waals surface area contributed by atoms with Gasteiger partial charge in [0, 0.05) is 45.0 Å². The normalized spacial score (nSPS) is 13.7. The Balaban J connectivity index is 1.04. The number of hydrogen-bond acceptors (Lipinski definition) is 2. The van der Waals surface area contributed by atoms with Crippen molar-refractivity contribution in [2.75, 3.05) is 9.80 Å². The fourth-order valence-corrected chi connectivity index (χ4v) is 10.3. The lowest BCUT2D eigenvalue weighted by Gasteiger charge is -2.29. The molecule has 2 aliphatic carbocycles. The number of para-hydroxylation sites is 2. The Morgan fingerprint density at radius 2 is 0.661 bits per heavy atom. The van der Waals surface area contributed by atoms with E-state index < -0.39 is 0 Å². The molecular weight excluding hydrogens is 749 g/mol. The lowest BCUT2D eigenvalue weighted by molar-refractivity contribution is 0.660. The van der Waals surface area contributed by atoms with Crippen molar-refractivity contribution in [1.29, 1.82) is 0 Å². The number of fused-ring (bicyclic) bond motifs is 6. The first kappa shape index (κ1) is 37.6. The minimum Gasteiger partial charge on any atom is -0.310 e. The Hall–Kier alpha value is -7.42. The minimum absolute atomic E-state index is 0.0474. The predicted octanol–water partition coefficient (Wildman–Crippen LogP) is 16.6. The second-order valence-electron chi connectivity index (χ2n) is 17.8. The van der Waals surface area contributed by atoms with Crippen LogP contribution < -0.4 is 9.80 Å². The molecule has 298 valence electrons. The van der Waals surface area contributed by atoms with E-state index in [1.165, 1.54) is 66.8 Å². The molecule has 0 saturated heterocycles. The summed E-state index contributed by atoms with van der Waals surface area (Å²) in [5.41, 5.74) is 22.1. The Kier molecular flexibility index (Phi) is 8.87. The number of rotatable bonds is 8. The molecule has 9 aromatic carbocycles. The Labute approximate surface area is 366 Å². The first-order chi connectivity index (χ1) is 30.3. The van der Waals surface area contributed by atoms with Crippen molar-refractivity contribution in [1.82, 2.24) is 0 Å². The molecule has 62 heavy (non-hydrogen) atoms. The van der Waals surface area contributed by atoms with Crippen molar-refractivity contribution in [3.05, 3.63) is 241 Å². The van der Waals surface area contributed by atoms with Crippen molar-refractivity contribution in [3.8, 4) is 44.5 Å². The van der Waals surface area contributed by atoms with Crippen LogP contribution in [-0.4, -0.2) is 0 Å². The van der Waals surface area contributed by atoms with E-state index in [4.69, 9.17) is 0 Å². The molecule has 0 unspecified atom stereocenters. The van der Waals surface area contributed by atoms with Gasteiger partial charge in [-0.25, -0.2) is 0 Å². The van der Waals surface area contributed by atoms with Gasteiger partial charge in [0.1, 0.15) is 0 Å². The molecule has 11 rings (SSSR count). The van der Waals surface area contributed by atoms with E-state index >= 15 is 0 Å². The molecule has 0 saturated carbocycles.